The molecule has 0 aliphatic carbocycles. The first-order valence-corrected chi connectivity index (χ1v) is 14.7. The summed E-state index contributed by atoms with van der Waals surface area (Å²) in [6, 6.07) is 27.0. The average Bonchev–Trinajstić information content (AvgIpc) is 2.95. The highest BCUT2D eigenvalue weighted by Crippen LogP contribution is 2.41. The number of amides is 2. The second-order valence-electron chi connectivity index (χ2n) is 8.91. The van der Waals surface area contributed by atoms with E-state index in [1.165, 1.54) is 16.7 Å². The second kappa shape index (κ2) is 11.5. The van der Waals surface area contributed by atoms with Crippen molar-refractivity contribution in [3.8, 4) is 0 Å². The van der Waals surface area contributed by atoms with E-state index >= 15 is 0 Å². The number of hydrogen-bond acceptors (Lipinski definition) is 6. The molecule has 3 aromatic carbocycles. The molecular formula is C29H26N2O5S2. The quantitative estimate of drug-likeness (QED) is 0.264. The molecule has 1 fully saturated rings. The summed E-state index contributed by atoms with van der Waals surface area (Å²) in [5.41, 5.74) is 2.48. The Balaban J connectivity index is 1.38. The van der Waals surface area contributed by atoms with Gasteiger partial charge in [0.15, 0.2) is 12.1 Å². The Morgan fingerprint density at radius 3 is 2.11 bits per heavy atom. The smallest absolute Gasteiger partial charge is 0.357 e. The molecular weight excluding hydrogens is 520 g/mol. The van der Waals surface area contributed by atoms with Crippen molar-refractivity contribution in [3.05, 3.63) is 118 Å². The van der Waals surface area contributed by atoms with Crippen LogP contribution in [0.2, 0.25) is 0 Å². The van der Waals surface area contributed by atoms with Gasteiger partial charge in [0, 0.05) is 0 Å². The first-order valence-electron chi connectivity index (χ1n) is 12.1. The van der Waals surface area contributed by atoms with Gasteiger partial charge in [-0.3, -0.25) is 14.5 Å². The van der Waals surface area contributed by atoms with Crippen molar-refractivity contribution in [3.63, 3.8) is 0 Å². The molecule has 2 aliphatic heterocycles. The monoisotopic (exact) mass is 546 g/mol. The third kappa shape index (κ3) is 5.22. The van der Waals surface area contributed by atoms with Gasteiger partial charge < -0.3 is 14.6 Å². The minimum absolute atomic E-state index is 0.0949. The topological polar surface area (TPSA) is 98.8 Å². The van der Waals surface area contributed by atoms with Crippen molar-refractivity contribution >= 4 is 40.7 Å². The van der Waals surface area contributed by atoms with E-state index in [2.05, 4.69) is 5.32 Å². The number of rotatable bonds is 8. The van der Waals surface area contributed by atoms with Crippen LogP contribution in [0.5, 0.6) is 0 Å². The number of carbonyl (C=O) groups excluding carboxylic acids is 3. The van der Waals surface area contributed by atoms with Crippen molar-refractivity contribution in [1.29, 1.82) is 0 Å². The lowest BCUT2D eigenvalue weighted by Gasteiger charge is -2.49. The molecule has 2 unspecified atom stereocenters. The minimum atomic E-state index is -1.49. The molecule has 0 bridgehead atoms. The van der Waals surface area contributed by atoms with Gasteiger partial charge in [-0.05, 0) is 34.1 Å². The van der Waals surface area contributed by atoms with Crippen LogP contribution in [0.1, 0.15) is 22.8 Å². The molecule has 9 heteroatoms. The predicted octanol–water partition coefficient (Wildman–Crippen LogP) is 3.55. The lowest BCUT2D eigenvalue weighted by Crippen LogP contribution is -2.74. The number of carbonyl (C=O) groups is 3. The van der Waals surface area contributed by atoms with E-state index in [0.29, 0.717) is 4.91 Å². The molecule has 1 N–H and O–H groups in total. The van der Waals surface area contributed by atoms with Gasteiger partial charge in [0.2, 0.25) is 11.3 Å². The molecule has 0 saturated carbocycles. The summed E-state index contributed by atoms with van der Waals surface area (Å²) >= 11 is -0.222. The van der Waals surface area contributed by atoms with Crippen molar-refractivity contribution in [2.24, 2.45) is 0 Å². The Bertz CT molecular complexity index is 1310. The third-order valence-electron chi connectivity index (χ3n) is 6.48. The van der Waals surface area contributed by atoms with Gasteiger partial charge in [0.1, 0.15) is 11.4 Å². The number of nitrogens with zero attached hydrogens (tertiary/aromatic N) is 1. The van der Waals surface area contributed by atoms with Crippen molar-refractivity contribution < 1.29 is 23.7 Å². The molecule has 1 saturated heterocycles. The number of ether oxygens (including phenoxy) is 1. The molecule has 194 valence electrons. The first kappa shape index (κ1) is 26.1. The molecule has 38 heavy (non-hydrogen) atoms. The Morgan fingerprint density at radius 2 is 1.55 bits per heavy atom. The van der Waals surface area contributed by atoms with Crippen LogP contribution in [-0.2, 0) is 36.7 Å². The number of fused-ring (bicyclic) bond motifs is 1. The maximum absolute atomic E-state index is 13.7. The maximum Gasteiger partial charge on any atom is 0.357 e. The first-order chi connectivity index (χ1) is 18.5. The number of thioether (sulfide) groups is 1. The molecule has 2 aliphatic rings. The summed E-state index contributed by atoms with van der Waals surface area (Å²) in [5.74, 6) is -1.38. The van der Waals surface area contributed by atoms with Crippen LogP contribution in [0, 0.1) is 0 Å². The van der Waals surface area contributed by atoms with E-state index < -0.39 is 40.6 Å². The normalized spacial score (nSPS) is 20.6. The zero-order valence-electron chi connectivity index (χ0n) is 20.6. The zero-order valence-corrected chi connectivity index (χ0v) is 22.2. The van der Waals surface area contributed by atoms with Crippen LogP contribution in [0.4, 0.5) is 0 Å². The Kier molecular flexibility index (Phi) is 7.87. The molecule has 3 aromatic rings. The van der Waals surface area contributed by atoms with Crippen LogP contribution in [-0.4, -0.2) is 50.7 Å². The van der Waals surface area contributed by atoms with E-state index in [1.54, 1.807) is 6.26 Å². The molecule has 0 radical (unpaired) electrons. The second-order valence-corrected chi connectivity index (χ2v) is 11.3. The average molecular weight is 547 g/mol. The summed E-state index contributed by atoms with van der Waals surface area (Å²) < 4.78 is 19.2. The van der Waals surface area contributed by atoms with Gasteiger partial charge >= 0.3 is 5.97 Å². The number of benzene rings is 3. The van der Waals surface area contributed by atoms with E-state index in [1.807, 2.05) is 91.0 Å². The van der Waals surface area contributed by atoms with Crippen LogP contribution >= 0.6 is 11.8 Å². The highest BCUT2D eigenvalue weighted by atomic mass is 32.2. The fourth-order valence-electron chi connectivity index (χ4n) is 4.64. The van der Waals surface area contributed by atoms with Crippen molar-refractivity contribution in [1.82, 2.24) is 10.2 Å². The van der Waals surface area contributed by atoms with E-state index in [9.17, 15) is 18.9 Å². The van der Waals surface area contributed by atoms with Gasteiger partial charge in [-0.2, -0.15) is 0 Å². The Labute approximate surface area is 228 Å². The maximum atomic E-state index is 13.7. The fourth-order valence-corrected chi connectivity index (χ4v) is 7.34. The lowest BCUT2D eigenvalue weighted by atomic mass is 10.0. The molecule has 7 nitrogen and oxygen atoms in total. The van der Waals surface area contributed by atoms with Crippen LogP contribution < -0.4 is 5.32 Å². The standard InChI is InChI=1S/C29H26N2O5S2/c1-37-22-18-38(35)28-24(30-23(32)17-19-11-5-2-6-12-19)27(33)31(28)25(22)29(34)36-26(20-13-7-3-8-14-20)21-15-9-4-10-16-21/h2-16,24,26,28H,17-18H2,1H3,(H,30,32)/t24?,28-,38?/m0/s1. The van der Waals surface area contributed by atoms with Crippen LogP contribution in [0.25, 0.3) is 0 Å². The Hall–Kier alpha value is -3.53. The fraction of sp³-hybridized carbons (Fsp3) is 0.207. The Morgan fingerprint density at radius 1 is 1.00 bits per heavy atom. The van der Waals surface area contributed by atoms with Crippen molar-refractivity contribution in [2.75, 3.05) is 12.0 Å². The molecule has 0 aromatic heterocycles. The molecule has 0 spiro atoms. The number of esters is 1. The van der Waals surface area contributed by atoms with Gasteiger partial charge in [-0.15, -0.1) is 11.8 Å². The van der Waals surface area contributed by atoms with Gasteiger partial charge in [-0.1, -0.05) is 91.0 Å². The minimum Gasteiger partial charge on any atom is -0.614 e. The van der Waals surface area contributed by atoms with E-state index in [0.717, 1.165) is 16.7 Å². The highest BCUT2D eigenvalue weighted by molar-refractivity contribution is 8.04. The largest absolute Gasteiger partial charge is 0.614 e. The summed E-state index contributed by atoms with van der Waals surface area (Å²) in [5, 5.41) is 1.90. The van der Waals surface area contributed by atoms with Gasteiger partial charge in [0.25, 0.3) is 5.91 Å². The van der Waals surface area contributed by atoms with E-state index in [4.69, 9.17) is 4.74 Å². The summed E-state index contributed by atoms with van der Waals surface area (Å²) in [4.78, 5) is 41.3. The van der Waals surface area contributed by atoms with Crippen LogP contribution in [0.15, 0.2) is 102 Å². The molecule has 5 rings (SSSR count). The number of β-lactam (4-membered cyclic amide) rings is 1. The summed E-state index contributed by atoms with van der Waals surface area (Å²) in [6.07, 6.45) is 1.18. The summed E-state index contributed by atoms with van der Waals surface area (Å²) in [6.45, 7) is 0. The summed E-state index contributed by atoms with van der Waals surface area (Å²) in [7, 11) is 0. The highest BCUT2D eigenvalue weighted by Gasteiger charge is 2.61. The lowest BCUT2D eigenvalue weighted by molar-refractivity contribution is -0.154. The van der Waals surface area contributed by atoms with E-state index in [-0.39, 0.29) is 23.8 Å². The third-order valence-corrected chi connectivity index (χ3v) is 9.09. The predicted molar refractivity (Wildman–Crippen MR) is 147 cm³/mol. The van der Waals surface area contributed by atoms with Gasteiger partial charge in [0.05, 0.1) is 11.3 Å². The number of hydrogen-bond donors (Lipinski definition) is 1. The SMILES string of the molecule is CSC1=C(C(=O)OC(c2ccccc2)c2ccccc2)N2C(=O)C(NC(=O)Cc3ccccc3)[C@@H]2[S+]([O-])C1. The number of nitrogens with one attached hydrogen (secondary N) is 1. The molecule has 2 heterocycles. The molecule has 2 amide bonds. The molecule has 3 atom stereocenters. The van der Waals surface area contributed by atoms with Crippen LogP contribution in [0.3, 0.4) is 0 Å². The van der Waals surface area contributed by atoms with Gasteiger partial charge in [-0.25, -0.2) is 4.79 Å². The van der Waals surface area contributed by atoms with Crippen molar-refractivity contribution in [2.45, 2.75) is 23.9 Å². The zero-order chi connectivity index (χ0) is 26.6.